The van der Waals surface area contributed by atoms with Crippen LogP contribution in [-0.4, -0.2) is 65.5 Å². The largest absolute Gasteiger partial charge is 0.455 e. The quantitative estimate of drug-likeness (QED) is 0.495. The van der Waals surface area contributed by atoms with Gasteiger partial charge < -0.3 is 10.1 Å². The van der Waals surface area contributed by atoms with Crippen molar-refractivity contribution in [1.29, 1.82) is 0 Å². The second kappa shape index (κ2) is 9.65. The summed E-state index contributed by atoms with van der Waals surface area (Å²) in [6.07, 6.45) is 2.32. The fourth-order valence-electron chi connectivity index (χ4n) is 2.92. The lowest BCUT2D eigenvalue weighted by Crippen LogP contribution is -2.40. The summed E-state index contributed by atoms with van der Waals surface area (Å²) in [7, 11) is -7.00. The predicted molar refractivity (Wildman–Crippen MR) is 105 cm³/mol. The third-order valence-electron chi connectivity index (χ3n) is 4.59. The summed E-state index contributed by atoms with van der Waals surface area (Å²) in [6, 6.07) is 6.00. The molecule has 0 spiro atoms. The van der Waals surface area contributed by atoms with Gasteiger partial charge in [-0.05, 0) is 37.0 Å². The van der Waals surface area contributed by atoms with Crippen molar-refractivity contribution >= 4 is 31.9 Å². The zero-order valence-corrected chi connectivity index (χ0v) is 17.7. The molecule has 162 valence electrons. The predicted octanol–water partition coefficient (Wildman–Crippen LogP) is -0.792. The molecule has 0 bridgehead atoms. The van der Waals surface area contributed by atoms with Gasteiger partial charge in [0, 0.05) is 19.6 Å². The maximum Gasteiger partial charge on any atom is 0.309 e. The summed E-state index contributed by atoms with van der Waals surface area (Å²) in [6.45, 7) is 0.400. The number of carbonyl (C=O) groups excluding carboxylic acids is 2. The Kier molecular flexibility index (Phi) is 7.74. The van der Waals surface area contributed by atoms with E-state index in [1.165, 1.54) is 16.4 Å². The number of ether oxygens (including phenoxy) is 1. The van der Waals surface area contributed by atoms with Gasteiger partial charge in [0.05, 0.1) is 17.1 Å². The van der Waals surface area contributed by atoms with Crippen molar-refractivity contribution in [3.05, 3.63) is 29.8 Å². The first-order valence-corrected chi connectivity index (χ1v) is 12.4. The van der Waals surface area contributed by atoms with Crippen LogP contribution >= 0.6 is 0 Å². The summed E-state index contributed by atoms with van der Waals surface area (Å²) in [5.41, 5.74) is 0.812. The minimum Gasteiger partial charge on any atom is -0.455 e. The van der Waals surface area contributed by atoms with Crippen LogP contribution in [0.2, 0.25) is 0 Å². The molecule has 1 heterocycles. The van der Waals surface area contributed by atoms with Crippen molar-refractivity contribution in [2.45, 2.75) is 24.2 Å². The molecule has 12 heteroatoms. The molecule has 3 N–H and O–H groups in total. The van der Waals surface area contributed by atoms with Crippen LogP contribution < -0.4 is 10.5 Å². The molecule has 0 radical (unpaired) electrons. The number of sulfonamides is 2. The molecule has 1 aliphatic rings. The molecule has 0 aliphatic carbocycles. The highest BCUT2D eigenvalue weighted by atomic mass is 32.2. The lowest BCUT2D eigenvalue weighted by Gasteiger charge is -2.28. The summed E-state index contributed by atoms with van der Waals surface area (Å²) < 4.78 is 51.7. The molecule has 0 unspecified atom stereocenters. The molecule has 1 amide bonds. The Morgan fingerprint density at radius 3 is 2.24 bits per heavy atom. The summed E-state index contributed by atoms with van der Waals surface area (Å²) in [4.78, 5) is 23.9. The van der Waals surface area contributed by atoms with E-state index in [0.29, 0.717) is 19.3 Å². The second-order valence-electron chi connectivity index (χ2n) is 6.83. The molecule has 0 saturated carbocycles. The molecule has 0 atom stereocenters. The van der Waals surface area contributed by atoms with Gasteiger partial charge >= 0.3 is 5.97 Å². The highest BCUT2D eigenvalue weighted by Gasteiger charge is 2.30. The van der Waals surface area contributed by atoms with Gasteiger partial charge in [0.2, 0.25) is 20.0 Å². The van der Waals surface area contributed by atoms with Crippen molar-refractivity contribution in [2.24, 2.45) is 11.1 Å². The lowest BCUT2D eigenvalue weighted by molar-refractivity contribution is -0.153. The number of benzene rings is 1. The lowest BCUT2D eigenvalue weighted by atomic mass is 9.98. The minimum atomic E-state index is -3.74. The molecule has 1 aliphatic heterocycles. The van der Waals surface area contributed by atoms with E-state index in [2.05, 4.69) is 5.32 Å². The van der Waals surface area contributed by atoms with Crippen molar-refractivity contribution < 1.29 is 31.2 Å². The van der Waals surface area contributed by atoms with E-state index >= 15 is 0 Å². The number of nitrogens with two attached hydrogens (primary N) is 1. The van der Waals surface area contributed by atoms with E-state index in [9.17, 15) is 26.4 Å². The van der Waals surface area contributed by atoms with Crippen molar-refractivity contribution in [2.75, 3.05) is 32.5 Å². The molecular weight excluding hydrogens is 422 g/mol. The highest BCUT2D eigenvalue weighted by Crippen LogP contribution is 2.20. The van der Waals surface area contributed by atoms with E-state index in [1.807, 2.05) is 0 Å². The zero-order chi connectivity index (χ0) is 21.7. The number of hydrogen-bond donors (Lipinski definition) is 2. The van der Waals surface area contributed by atoms with Gasteiger partial charge in [0.1, 0.15) is 0 Å². The monoisotopic (exact) mass is 447 g/mol. The first-order chi connectivity index (χ1) is 13.5. The van der Waals surface area contributed by atoms with Crippen LogP contribution in [0.15, 0.2) is 29.2 Å². The standard InChI is InChI=1S/C17H25N3O7S2/c1-28(23,24)20-10-7-14(8-11-20)17(22)27-12-16(21)19-9-6-13-2-4-15(5-3-13)29(18,25)26/h2-5,14H,6-12H2,1H3,(H,19,21)(H2,18,25,26). The SMILES string of the molecule is CS(=O)(=O)N1CCC(C(=O)OCC(=O)NCCc2ccc(S(N)(=O)=O)cc2)CC1. The number of piperidine rings is 1. The number of esters is 1. The van der Waals surface area contributed by atoms with Gasteiger partial charge in [-0.3, -0.25) is 9.59 Å². The van der Waals surface area contributed by atoms with Crippen LogP contribution in [0.5, 0.6) is 0 Å². The Morgan fingerprint density at radius 2 is 1.72 bits per heavy atom. The molecule has 2 rings (SSSR count). The molecule has 10 nitrogen and oxygen atoms in total. The van der Waals surface area contributed by atoms with Crippen molar-refractivity contribution in [3.63, 3.8) is 0 Å². The van der Waals surface area contributed by atoms with Crippen LogP contribution in [0.1, 0.15) is 18.4 Å². The van der Waals surface area contributed by atoms with Crippen LogP contribution in [0.4, 0.5) is 0 Å². The van der Waals surface area contributed by atoms with E-state index in [1.54, 1.807) is 12.1 Å². The van der Waals surface area contributed by atoms with Gasteiger partial charge in [-0.25, -0.2) is 26.3 Å². The maximum absolute atomic E-state index is 12.0. The summed E-state index contributed by atoms with van der Waals surface area (Å²) in [5.74, 6) is -1.38. The highest BCUT2D eigenvalue weighted by molar-refractivity contribution is 7.89. The van der Waals surface area contributed by atoms with Crippen LogP contribution in [-0.2, 0) is 40.8 Å². The minimum absolute atomic E-state index is 0.0135. The third kappa shape index (κ3) is 7.38. The number of amides is 1. The zero-order valence-electron chi connectivity index (χ0n) is 16.0. The van der Waals surface area contributed by atoms with E-state index < -0.39 is 44.4 Å². The Labute approximate surface area is 170 Å². The average Bonchev–Trinajstić information content (AvgIpc) is 2.65. The number of primary sulfonamides is 1. The number of hydrogen-bond acceptors (Lipinski definition) is 7. The first kappa shape index (κ1) is 23.3. The summed E-state index contributed by atoms with van der Waals surface area (Å²) in [5, 5.41) is 7.64. The topological polar surface area (TPSA) is 153 Å². The molecular formula is C17H25N3O7S2. The third-order valence-corrected chi connectivity index (χ3v) is 6.82. The average molecular weight is 448 g/mol. The van der Waals surface area contributed by atoms with Gasteiger partial charge in [0.25, 0.3) is 5.91 Å². The number of carbonyl (C=O) groups is 2. The van der Waals surface area contributed by atoms with Gasteiger partial charge in [-0.1, -0.05) is 12.1 Å². The van der Waals surface area contributed by atoms with Gasteiger partial charge in [-0.15, -0.1) is 0 Å². The Morgan fingerprint density at radius 1 is 1.14 bits per heavy atom. The van der Waals surface area contributed by atoms with E-state index in [0.717, 1.165) is 11.8 Å². The van der Waals surface area contributed by atoms with E-state index in [-0.39, 0.29) is 24.5 Å². The molecule has 1 aromatic rings. The maximum atomic E-state index is 12.0. The number of nitrogens with one attached hydrogen (secondary N) is 1. The molecule has 1 aromatic carbocycles. The Hall–Kier alpha value is -2.02. The smallest absolute Gasteiger partial charge is 0.309 e. The normalized spacial score (nSPS) is 16.3. The van der Waals surface area contributed by atoms with Crippen molar-refractivity contribution in [1.82, 2.24) is 9.62 Å². The Balaban J connectivity index is 1.68. The Bertz CT molecular complexity index is 936. The number of nitrogens with zero attached hydrogens (tertiary/aromatic N) is 1. The second-order valence-corrected chi connectivity index (χ2v) is 10.4. The molecule has 0 aromatic heterocycles. The first-order valence-electron chi connectivity index (χ1n) is 8.97. The van der Waals surface area contributed by atoms with Crippen LogP contribution in [0.25, 0.3) is 0 Å². The fourth-order valence-corrected chi connectivity index (χ4v) is 4.31. The van der Waals surface area contributed by atoms with E-state index in [4.69, 9.17) is 9.88 Å². The fraction of sp³-hybridized carbons (Fsp3) is 0.529. The van der Waals surface area contributed by atoms with Crippen molar-refractivity contribution in [3.8, 4) is 0 Å². The van der Waals surface area contributed by atoms with Gasteiger partial charge in [-0.2, -0.15) is 0 Å². The number of rotatable bonds is 8. The molecule has 1 fully saturated rings. The molecule has 1 saturated heterocycles. The van der Waals surface area contributed by atoms with Gasteiger partial charge in [0.15, 0.2) is 6.61 Å². The van der Waals surface area contributed by atoms with Crippen LogP contribution in [0.3, 0.4) is 0 Å². The van der Waals surface area contributed by atoms with Crippen LogP contribution in [0, 0.1) is 5.92 Å². The summed E-state index contributed by atoms with van der Waals surface area (Å²) >= 11 is 0. The molecule has 29 heavy (non-hydrogen) atoms.